The van der Waals surface area contributed by atoms with Crippen LogP contribution in [0.25, 0.3) is 22.5 Å². The van der Waals surface area contributed by atoms with E-state index in [-0.39, 0.29) is 23.6 Å². The highest BCUT2D eigenvalue weighted by molar-refractivity contribution is 5.99. The van der Waals surface area contributed by atoms with Crippen molar-refractivity contribution in [2.75, 3.05) is 6.54 Å². The minimum atomic E-state index is -0.336. The molecule has 0 aliphatic carbocycles. The molecule has 8 heteroatoms. The maximum absolute atomic E-state index is 13.5. The quantitative estimate of drug-likeness (QED) is 0.453. The van der Waals surface area contributed by atoms with Crippen molar-refractivity contribution in [3.8, 4) is 22.5 Å². The average Bonchev–Trinajstić information content (AvgIpc) is 3.50. The molecule has 6 nitrogen and oxygen atoms in total. The van der Waals surface area contributed by atoms with Crippen molar-refractivity contribution < 1.29 is 18.0 Å². The molecular formula is C25H22F2N4O2. The number of hydrogen-bond donors (Lipinski definition) is 1. The second-order valence-electron chi connectivity index (χ2n) is 8.14. The summed E-state index contributed by atoms with van der Waals surface area (Å²) < 4.78 is 32.4. The summed E-state index contributed by atoms with van der Waals surface area (Å²) in [5, 5.41) is 6.89. The van der Waals surface area contributed by atoms with Crippen molar-refractivity contribution in [2.24, 2.45) is 0 Å². The summed E-state index contributed by atoms with van der Waals surface area (Å²) in [5.41, 5.74) is 2.48. The fourth-order valence-corrected chi connectivity index (χ4v) is 4.28. The van der Waals surface area contributed by atoms with Gasteiger partial charge in [-0.05, 0) is 61.2 Å². The first-order chi connectivity index (χ1) is 16.1. The van der Waals surface area contributed by atoms with E-state index in [0.29, 0.717) is 35.9 Å². The Bertz CT molecular complexity index is 1250. The first-order valence-corrected chi connectivity index (χ1v) is 10.9. The van der Waals surface area contributed by atoms with Crippen molar-refractivity contribution in [3.05, 3.63) is 84.1 Å². The topological polar surface area (TPSA) is 75.0 Å². The maximum atomic E-state index is 13.5. The van der Waals surface area contributed by atoms with Crippen LogP contribution in [0.2, 0.25) is 0 Å². The summed E-state index contributed by atoms with van der Waals surface area (Å²) in [6.07, 6.45) is 6.44. The Morgan fingerprint density at radius 2 is 1.70 bits per heavy atom. The predicted molar refractivity (Wildman–Crippen MR) is 118 cm³/mol. The van der Waals surface area contributed by atoms with E-state index in [1.807, 2.05) is 4.90 Å². The summed E-state index contributed by atoms with van der Waals surface area (Å²) in [6.45, 7) is 0.622. The molecule has 0 saturated carbocycles. The number of aromatic amines is 1. The Balaban J connectivity index is 1.36. The largest absolute Gasteiger partial charge is 0.441 e. The van der Waals surface area contributed by atoms with Gasteiger partial charge >= 0.3 is 0 Å². The molecule has 0 radical (unpaired) electrons. The molecule has 1 unspecified atom stereocenters. The van der Waals surface area contributed by atoms with Crippen LogP contribution in [-0.2, 0) is 6.42 Å². The summed E-state index contributed by atoms with van der Waals surface area (Å²) in [5.74, 6) is 0.293. The van der Waals surface area contributed by atoms with Crippen LogP contribution in [0.15, 0.2) is 65.3 Å². The molecule has 1 N–H and O–H groups in total. The van der Waals surface area contributed by atoms with Gasteiger partial charge in [0.15, 0.2) is 11.7 Å². The van der Waals surface area contributed by atoms with Gasteiger partial charge in [-0.3, -0.25) is 9.89 Å². The van der Waals surface area contributed by atoms with Crippen molar-refractivity contribution >= 4 is 5.91 Å². The van der Waals surface area contributed by atoms with E-state index in [9.17, 15) is 13.6 Å². The molecule has 1 aliphatic rings. The number of halogens is 2. The van der Waals surface area contributed by atoms with Crippen molar-refractivity contribution in [1.82, 2.24) is 20.1 Å². The second kappa shape index (κ2) is 8.97. The highest BCUT2D eigenvalue weighted by atomic mass is 19.1. The number of hydrogen-bond acceptors (Lipinski definition) is 4. The summed E-state index contributed by atoms with van der Waals surface area (Å²) in [4.78, 5) is 19.7. The van der Waals surface area contributed by atoms with Crippen molar-refractivity contribution in [2.45, 2.75) is 31.7 Å². The molecular weight excluding hydrogens is 426 g/mol. The first-order valence-electron chi connectivity index (χ1n) is 10.9. The molecule has 2 aromatic heterocycles. The number of oxazole rings is 1. The van der Waals surface area contributed by atoms with Gasteiger partial charge in [-0.1, -0.05) is 12.1 Å². The van der Waals surface area contributed by atoms with Crippen LogP contribution in [-0.4, -0.2) is 38.6 Å². The fraction of sp³-hybridized carbons (Fsp3) is 0.240. The lowest BCUT2D eigenvalue weighted by Gasteiger charge is -2.35. The van der Waals surface area contributed by atoms with Gasteiger partial charge in [0.05, 0.1) is 12.4 Å². The molecule has 1 saturated heterocycles. The summed E-state index contributed by atoms with van der Waals surface area (Å²) in [6, 6.07) is 12.0. The normalized spacial score (nSPS) is 16.2. The van der Waals surface area contributed by atoms with Crippen LogP contribution < -0.4 is 0 Å². The van der Waals surface area contributed by atoms with Gasteiger partial charge in [0, 0.05) is 30.1 Å². The Hall–Kier alpha value is -3.81. The lowest BCUT2D eigenvalue weighted by Crippen LogP contribution is -2.45. The van der Waals surface area contributed by atoms with Crippen molar-refractivity contribution in [1.29, 1.82) is 0 Å². The Labute approximate surface area is 189 Å². The van der Waals surface area contributed by atoms with Crippen LogP contribution in [0.3, 0.4) is 0 Å². The van der Waals surface area contributed by atoms with Crippen LogP contribution in [0.4, 0.5) is 8.78 Å². The molecule has 1 amide bonds. The molecule has 2 aromatic carbocycles. The fourth-order valence-electron chi connectivity index (χ4n) is 4.28. The number of piperidine rings is 1. The number of H-pyrrole nitrogens is 1. The molecule has 168 valence electrons. The van der Waals surface area contributed by atoms with Crippen LogP contribution in [0.5, 0.6) is 0 Å². The third-order valence-electron chi connectivity index (χ3n) is 5.99. The van der Waals surface area contributed by atoms with Gasteiger partial charge in [-0.25, -0.2) is 13.8 Å². The van der Waals surface area contributed by atoms with Gasteiger partial charge in [-0.2, -0.15) is 5.10 Å². The number of aromatic nitrogens is 3. The Morgan fingerprint density at radius 1 is 1.00 bits per heavy atom. The number of rotatable bonds is 5. The molecule has 33 heavy (non-hydrogen) atoms. The van der Waals surface area contributed by atoms with Crippen LogP contribution in [0, 0.1) is 11.6 Å². The van der Waals surface area contributed by atoms with Gasteiger partial charge in [-0.15, -0.1) is 0 Å². The molecule has 0 spiro atoms. The first kappa shape index (κ1) is 21.1. The molecule has 4 aromatic rings. The molecule has 1 aliphatic heterocycles. The van der Waals surface area contributed by atoms with E-state index in [1.54, 1.807) is 36.7 Å². The third-order valence-corrected chi connectivity index (χ3v) is 5.99. The smallest absolute Gasteiger partial charge is 0.272 e. The van der Waals surface area contributed by atoms with E-state index in [1.165, 1.54) is 24.3 Å². The molecule has 1 fully saturated rings. The lowest BCUT2D eigenvalue weighted by molar-refractivity contribution is 0.0600. The third kappa shape index (κ3) is 4.41. The maximum Gasteiger partial charge on any atom is 0.272 e. The van der Waals surface area contributed by atoms with E-state index in [4.69, 9.17) is 4.42 Å². The van der Waals surface area contributed by atoms with Crippen molar-refractivity contribution in [3.63, 3.8) is 0 Å². The van der Waals surface area contributed by atoms with E-state index in [0.717, 1.165) is 30.4 Å². The highest BCUT2D eigenvalue weighted by Gasteiger charge is 2.31. The van der Waals surface area contributed by atoms with E-state index < -0.39 is 0 Å². The van der Waals surface area contributed by atoms with Crippen LogP contribution >= 0.6 is 0 Å². The number of carbonyl (C=O) groups excluding carboxylic acids is 1. The molecule has 3 heterocycles. The lowest BCUT2D eigenvalue weighted by atomic mass is 9.97. The monoisotopic (exact) mass is 448 g/mol. The minimum Gasteiger partial charge on any atom is -0.441 e. The minimum absolute atomic E-state index is 0.0738. The standard InChI is InChI=1S/C25H22F2N4O2/c26-18-8-4-16(5-9-18)21-14-29-30-24(21)25(32)31-12-2-1-3-20(31)13-23-28-15-22(33-23)17-6-10-19(27)11-7-17/h4-11,14-15,20H,1-3,12-13H2,(H,29,30). The SMILES string of the molecule is O=C(c1[nH]ncc1-c1ccc(F)cc1)N1CCCCC1Cc1ncc(-c2ccc(F)cc2)o1. The van der Waals surface area contributed by atoms with Gasteiger partial charge < -0.3 is 9.32 Å². The van der Waals surface area contributed by atoms with Gasteiger partial charge in [0.2, 0.25) is 0 Å². The number of carbonyl (C=O) groups is 1. The molecule has 1 atom stereocenters. The average molecular weight is 448 g/mol. The number of benzene rings is 2. The molecule has 5 rings (SSSR count). The number of amides is 1. The zero-order valence-corrected chi connectivity index (χ0v) is 17.8. The second-order valence-corrected chi connectivity index (χ2v) is 8.14. The van der Waals surface area contributed by atoms with Crippen LogP contribution in [0.1, 0.15) is 35.6 Å². The zero-order valence-electron chi connectivity index (χ0n) is 17.8. The van der Waals surface area contributed by atoms with Gasteiger partial charge in [0.1, 0.15) is 17.3 Å². The zero-order chi connectivity index (χ0) is 22.8. The number of likely N-dealkylation sites (tertiary alicyclic amines) is 1. The number of nitrogens with one attached hydrogen (secondary N) is 1. The summed E-state index contributed by atoms with van der Waals surface area (Å²) >= 11 is 0. The highest BCUT2D eigenvalue weighted by Crippen LogP contribution is 2.28. The number of nitrogens with zero attached hydrogens (tertiary/aromatic N) is 3. The Kier molecular flexibility index (Phi) is 5.73. The Morgan fingerprint density at radius 3 is 2.42 bits per heavy atom. The molecule has 0 bridgehead atoms. The predicted octanol–water partition coefficient (Wildman–Crippen LogP) is 5.25. The summed E-state index contributed by atoms with van der Waals surface area (Å²) in [7, 11) is 0. The van der Waals surface area contributed by atoms with Gasteiger partial charge in [0.25, 0.3) is 5.91 Å². The van der Waals surface area contributed by atoms with E-state index >= 15 is 0 Å². The van der Waals surface area contributed by atoms with E-state index in [2.05, 4.69) is 15.2 Å².